The Kier molecular flexibility index (Phi) is 3.37. The SMILES string of the molecule is Cn1cnc2c1c(=O)n(C/C=N\N=C(N)N)c(=O)n2C. The van der Waals surface area contributed by atoms with Gasteiger partial charge in [-0.05, 0) is 0 Å². The third-order valence-electron chi connectivity index (χ3n) is 2.72. The van der Waals surface area contributed by atoms with Crippen molar-refractivity contribution in [3.05, 3.63) is 27.2 Å². The van der Waals surface area contributed by atoms with Crippen LogP contribution < -0.4 is 22.7 Å². The van der Waals surface area contributed by atoms with Gasteiger partial charge in [-0.1, -0.05) is 0 Å². The van der Waals surface area contributed by atoms with Gasteiger partial charge in [-0.25, -0.2) is 9.78 Å². The lowest BCUT2D eigenvalue weighted by Gasteiger charge is -2.05. The standard InChI is InChI=1S/C10H14N8O2/c1-16-5-13-7-6(16)8(19)18(10(20)17(7)2)4-3-14-15-9(11)12/h3,5H,4H2,1-2H3,(H4,11,12,15)/b14-3-. The molecule has 0 fully saturated rings. The molecule has 0 aliphatic rings. The second kappa shape index (κ2) is 4.99. The van der Waals surface area contributed by atoms with Crippen molar-refractivity contribution >= 4 is 23.3 Å². The molecule has 0 atom stereocenters. The first-order valence-electron chi connectivity index (χ1n) is 5.64. The van der Waals surface area contributed by atoms with Crippen molar-refractivity contribution in [3.63, 3.8) is 0 Å². The van der Waals surface area contributed by atoms with Gasteiger partial charge in [0.15, 0.2) is 11.2 Å². The predicted molar refractivity (Wildman–Crippen MR) is 74.5 cm³/mol. The molecule has 0 spiro atoms. The van der Waals surface area contributed by atoms with Gasteiger partial charge < -0.3 is 16.0 Å². The van der Waals surface area contributed by atoms with E-state index < -0.39 is 11.2 Å². The molecular formula is C10H14N8O2. The number of hydrogen-bond donors (Lipinski definition) is 2. The minimum atomic E-state index is -0.489. The van der Waals surface area contributed by atoms with E-state index in [-0.39, 0.29) is 12.5 Å². The Labute approximate surface area is 112 Å². The van der Waals surface area contributed by atoms with E-state index in [1.54, 1.807) is 18.7 Å². The van der Waals surface area contributed by atoms with Gasteiger partial charge in [0.25, 0.3) is 5.56 Å². The summed E-state index contributed by atoms with van der Waals surface area (Å²) in [5.74, 6) is -0.205. The van der Waals surface area contributed by atoms with E-state index in [1.807, 2.05) is 0 Å². The summed E-state index contributed by atoms with van der Waals surface area (Å²) in [5, 5.41) is 6.94. The van der Waals surface area contributed by atoms with Gasteiger partial charge in [0, 0.05) is 20.3 Å². The molecule has 0 aliphatic heterocycles. The number of hydrogen-bond acceptors (Lipinski definition) is 5. The summed E-state index contributed by atoms with van der Waals surface area (Å²) in [6, 6.07) is 0. The first kappa shape index (κ1) is 13.5. The maximum Gasteiger partial charge on any atom is 0.332 e. The Bertz CT molecular complexity index is 818. The second-order valence-electron chi connectivity index (χ2n) is 4.11. The summed E-state index contributed by atoms with van der Waals surface area (Å²) in [6.07, 6.45) is 2.74. The molecule has 0 saturated heterocycles. The smallest absolute Gasteiger partial charge is 0.332 e. The number of nitrogens with zero attached hydrogens (tertiary/aromatic N) is 6. The molecule has 0 aromatic carbocycles. The highest BCUT2D eigenvalue weighted by molar-refractivity contribution is 5.76. The largest absolute Gasteiger partial charge is 0.369 e. The highest BCUT2D eigenvalue weighted by Crippen LogP contribution is 2.02. The molecule has 10 heteroatoms. The number of aryl methyl sites for hydroxylation is 2. The molecule has 2 aromatic rings. The van der Waals surface area contributed by atoms with Crippen molar-refractivity contribution in [3.8, 4) is 0 Å². The van der Waals surface area contributed by atoms with E-state index in [9.17, 15) is 9.59 Å². The molecule has 0 saturated carbocycles. The van der Waals surface area contributed by atoms with E-state index in [0.717, 1.165) is 4.57 Å². The molecule has 0 unspecified atom stereocenters. The molecule has 0 bridgehead atoms. The fourth-order valence-electron chi connectivity index (χ4n) is 1.78. The van der Waals surface area contributed by atoms with Crippen molar-refractivity contribution in [1.29, 1.82) is 0 Å². The number of fused-ring (bicyclic) bond motifs is 1. The fourth-order valence-corrected chi connectivity index (χ4v) is 1.78. The van der Waals surface area contributed by atoms with Crippen LogP contribution in [0.25, 0.3) is 11.2 Å². The van der Waals surface area contributed by atoms with Crippen LogP contribution in [0.5, 0.6) is 0 Å². The van der Waals surface area contributed by atoms with Crippen LogP contribution in [0.4, 0.5) is 0 Å². The normalized spacial score (nSPS) is 11.3. The molecule has 2 heterocycles. The zero-order valence-corrected chi connectivity index (χ0v) is 11.0. The molecule has 0 amide bonds. The van der Waals surface area contributed by atoms with E-state index in [2.05, 4.69) is 15.2 Å². The van der Waals surface area contributed by atoms with E-state index in [4.69, 9.17) is 11.5 Å². The lowest BCUT2D eigenvalue weighted by atomic mass is 10.5. The van der Waals surface area contributed by atoms with Crippen molar-refractivity contribution in [2.24, 2.45) is 35.8 Å². The molecule has 10 nitrogen and oxygen atoms in total. The Morgan fingerprint density at radius 1 is 1.40 bits per heavy atom. The maximum absolute atomic E-state index is 12.3. The third-order valence-corrected chi connectivity index (χ3v) is 2.72. The van der Waals surface area contributed by atoms with Gasteiger partial charge >= 0.3 is 5.69 Å². The van der Waals surface area contributed by atoms with Crippen LogP contribution in [0.2, 0.25) is 0 Å². The fraction of sp³-hybridized carbons (Fsp3) is 0.300. The van der Waals surface area contributed by atoms with Gasteiger partial charge in [0.1, 0.15) is 0 Å². The summed E-state index contributed by atoms with van der Waals surface area (Å²) < 4.78 is 3.88. The maximum atomic E-state index is 12.3. The molecule has 106 valence electrons. The summed E-state index contributed by atoms with van der Waals surface area (Å²) >= 11 is 0. The number of aromatic nitrogens is 4. The van der Waals surface area contributed by atoms with Crippen molar-refractivity contribution < 1.29 is 0 Å². The van der Waals surface area contributed by atoms with Gasteiger partial charge in [0.05, 0.1) is 12.9 Å². The average Bonchev–Trinajstić information content (AvgIpc) is 2.77. The summed E-state index contributed by atoms with van der Waals surface area (Å²) in [4.78, 5) is 28.3. The van der Waals surface area contributed by atoms with E-state index in [0.29, 0.717) is 11.2 Å². The first-order valence-corrected chi connectivity index (χ1v) is 5.64. The topological polar surface area (TPSA) is 139 Å². The zero-order chi connectivity index (χ0) is 14.9. The molecule has 0 aliphatic carbocycles. The average molecular weight is 278 g/mol. The Morgan fingerprint density at radius 2 is 2.10 bits per heavy atom. The van der Waals surface area contributed by atoms with Crippen LogP contribution >= 0.6 is 0 Å². The van der Waals surface area contributed by atoms with Gasteiger partial charge in [0.2, 0.25) is 5.96 Å². The van der Waals surface area contributed by atoms with Crippen LogP contribution in [0.1, 0.15) is 0 Å². The third kappa shape index (κ3) is 2.18. The number of rotatable bonds is 3. The van der Waals surface area contributed by atoms with Gasteiger partial charge in [-0.3, -0.25) is 13.9 Å². The van der Waals surface area contributed by atoms with Crippen molar-refractivity contribution in [2.75, 3.05) is 0 Å². The quantitative estimate of drug-likeness (QED) is 0.369. The van der Waals surface area contributed by atoms with E-state index in [1.165, 1.54) is 17.1 Å². The van der Waals surface area contributed by atoms with Crippen molar-refractivity contribution in [2.45, 2.75) is 6.54 Å². The monoisotopic (exact) mass is 278 g/mol. The van der Waals surface area contributed by atoms with Crippen LogP contribution in [-0.4, -0.2) is 30.9 Å². The minimum Gasteiger partial charge on any atom is -0.369 e. The number of nitrogens with two attached hydrogens (primary N) is 2. The lowest BCUT2D eigenvalue weighted by molar-refractivity contribution is 0.683. The van der Waals surface area contributed by atoms with Crippen molar-refractivity contribution in [1.82, 2.24) is 18.7 Å². The molecule has 4 N–H and O–H groups in total. The van der Waals surface area contributed by atoms with Crippen LogP contribution in [-0.2, 0) is 20.6 Å². The van der Waals surface area contributed by atoms with E-state index >= 15 is 0 Å². The van der Waals surface area contributed by atoms with Gasteiger partial charge in [-0.15, -0.1) is 5.10 Å². The van der Waals surface area contributed by atoms with Crippen LogP contribution in [0.15, 0.2) is 26.1 Å². The molecule has 20 heavy (non-hydrogen) atoms. The summed E-state index contributed by atoms with van der Waals surface area (Å²) in [7, 11) is 3.22. The zero-order valence-electron chi connectivity index (χ0n) is 11.0. The summed E-state index contributed by atoms with van der Waals surface area (Å²) in [6.45, 7) is -0.0383. The van der Waals surface area contributed by atoms with Crippen LogP contribution in [0.3, 0.4) is 0 Å². The Balaban J connectivity index is 2.57. The Hall–Kier alpha value is -2.91. The first-order chi connectivity index (χ1) is 9.43. The second-order valence-corrected chi connectivity index (χ2v) is 4.11. The number of imidazole rings is 1. The minimum absolute atomic E-state index is 0.0383. The van der Waals surface area contributed by atoms with Crippen LogP contribution in [0, 0.1) is 0 Å². The Morgan fingerprint density at radius 3 is 2.75 bits per heavy atom. The van der Waals surface area contributed by atoms with Gasteiger partial charge in [-0.2, -0.15) is 5.10 Å². The molecule has 2 rings (SSSR count). The lowest BCUT2D eigenvalue weighted by Crippen LogP contribution is -2.39. The summed E-state index contributed by atoms with van der Waals surface area (Å²) in [5.41, 5.74) is 9.94. The predicted octanol–water partition coefficient (Wildman–Crippen LogP) is -2.31. The number of guanidine groups is 1. The highest BCUT2D eigenvalue weighted by atomic mass is 16.2. The molecule has 2 aromatic heterocycles. The molecular weight excluding hydrogens is 264 g/mol. The molecule has 0 radical (unpaired) electrons. The highest BCUT2D eigenvalue weighted by Gasteiger charge is 2.13.